The van der Waals surface area contributed by atoms with Crippen molar-refractivity contribution in [3.8, 4) is 0 Å². The van der Waals surface area contributed by atoms with Crippen molar-refractivity contribution in [3.05, 3.63) is 102 Å². The summed E-state index contributed by atoms with van der Waals surface area (Å²) in [7, 11) is 2.00. The third-order valence-electron chi connectivity index (χ3n) is 4.91. The Balaban J connectivity index is 0.000000250. The number of aromatic nitrogens is 5. The van der Waals surface area contributed by atoms with Crippen LogP contribution in [0.15, 0.2) is 79.1 Å². The molecule has 0 radical (unpaired) electrons. The fraction of sp³-hybridized carbons (Fsp3) is 0.0385. The highest BCUT2D eigenvalue weighted by Gasteiger charge is 2.02. The number of nitrogens with zero attached hydrogens (tertiary/aromatic N) is 3. The van der Waals surface area contributed by atoms with Crippen molar-refractivity contribution in [3.63, 3.8) is 0 Å². The second-order valence-electron chi connectivity index (χ2n) is 7.45. The molecular weight excluding hydrogens is 382 g/mol. The average Bonchev–Trinajstić information content (AvgIpc) is 3.55. The third kappa shape index (κ3) is 4.67. The van der Waals surface area contributed by atoms with Crippen LogP contribution in [-0.4, -0.2) is 19.9 Å². The molecule has 31 heavy (non-hydrogen) atoms. The van der Waals surface area contributed by atoms with E-state index in [-0.39, 0.29) is 0 Å². The van der Waals surface area contributed by atoms with Gasteiger partial charge in [0, 0.05) is 34.2 Å². The molecule has 8 bridgehead atoms. The van der Waals surface area contributed by atoms with Crippen LogP contribution in [0.2, 0.25) is 0 Å². The third-order valence-corrected chi connectivity index (χ3v) is 4.91. The van der Waals surface area contributed by atoms with E-state index in [0.29, 0.717) is 0 Å². The molecule has 0 saturated heterocycles. The van der Waals surface area contributed by atoms with Crippen LogP contribution in [0.5, 0.6) is 0 Å². The zero-order valence-electron chi connectivity index (χ0n) is 17.2. The molecule has 6 rings (SSSR count). The molecule has 5 nitrogen and oxygen atoms in total. The molecule has 0 unspecified atom stereocenters. The molecule has 2 N–H and O–H groups in total. The zero-order chi connectivity index (χ0) is 21.0. The molecule has 4 aromatic heterocycles. The van der Waals surface area contributed by atoms with E-state index in [0.717, 1.165) is 44.8 Å². The molecule has 4 aromatic rings. The molecule has 150 valence electrons. The Morgan fingerprint density at radius 1 is 0.548 bits per heavy atom. The zero-order valence-corrected chi connectivity index (χ0v) is 17.2. The molecule has 2 aliphatic rings. The quantitative estimate of drug-likeness (QED) is 0.343. The van der Waals surface area contributed by atoms with Crippen molar-refractivity contribution in [1.29, 1.82) is 0 Å². The summed E-state index contributed by atoms with van der Waals surface area (Å²) in [6.07, 6.45) is 12.0. The van der Waals surface area contributed by atoms with E-state index in [1.54, 1.807) is 0 Å². The van der Waals surface area contributed by atoms with Gasteiger partial charge in [0.05, 0.1) is 22.8 Å². The summed E-state index contributed by atoms with van der Waals surface area (Å²) in [5, 5.41) is 0. The van der Waals surface area contributed by atoms with Gasteiger partial charge >= 0.3 is 0 Å². The van der Waals surface area contributed by atoms with E-state index in [4.69, 9.17) is 0 Å². The number of nitrogens with one attached hydrogen (secondary N) is 2. The SMILES string of the molecule is C1=Cc2cc3ccc(cc4ccc(cc5nc(cc1n2)C=C5)[nH]4)[nH]3.C[n+]1ccccc1. The van der Waals surface area contributed by atoms with Gasteiger partial charge in [-0.25, -0.2) is 14.5 Å². The number of rotatable bonds is 0. The van der Waals surface area contributed by atoms with E-state index >= 15 is 0 Å². The van der Waals surface area contributed by atoms with Gasteiger partial charge in [0.2, 0.25) is 0 Å². The van der Waals surface area contributed by atoms with Gasteiger partial charge < -0.3 is 9.97 Å². The van der Waals surface area contributed by atoms with Crippen molar-refractivity contribution in [2.45, 2.75) is 0 Å². The van der Waals surface area contributed by atoms with Gasteiger partial charge in [0.1, 0.15) is 7.05 Å². The maximum atomic E-state index is 4.62. The Kier molecular flexibility index (Phi) is 4.99. The van der Waals surface area contributed by atoms with Gasteiger partial charge in [-0.15, -0.1) is 0 Å². The molecule has 0 fully saturated rings. The summed E-state index contributed by atoms with van der Waals surface area (Å²) in [6, 6.07) is 22.4. The van der Waals surface area contributed by atoms with Gasteiger partial charge in [-0.3, -0.25) is 0 Å². The first-order valence-electron chi connectivity index (χ1n) is 10.1. The monoisotopic (exact) mass is 404 g/mol. The van der Waals surface area contributed by atoms with Gasteiger partial charge in [0.25, 0.3) is 0 Å². The van der Waals surface area contributed by atoms with Crippen LogP contribution in [-0.2, 0) is 7.05 Å². The van der Waals surface area contributed by atoms with Crippen LogP contribution < -0.4 is 4.57 Å². The molecule has 0 atom stereocenters. The highest BCUT2D eigenvalue weighted by molar-refractivity contribution is 5.77. The molecule has 5 heteroatoms. The van der Waals surface area contributed by atoms with Gasteiger partial charge in [0.15, 0.2) is 12.4 Å². The van der Waals surface area contributed by atoms with Gasteiger partial charge in [-0.2, -0.15) is 0 Å². The Morgan fingerprint density at radius 2 is 0.968 bits per heavy atom. The Bertz CT molecular complexity index is 1350. The largest absolute Gasteiger partial charge is 0.355 e. The van der Waals surface area contributed by atoms with Crippen molar-refractivity contribution in [2.24, 2.45) is 7.05 Å². The Labute approximate surface area is 180 Å². The minimum absolute atomic E-state index is 0.915. The molecule has 2 aliphatic heterocycles. The lowest BCUT2D eigenvalue weighted by atomic mass is 10.3. The summed E-state index contributed by atoms with van der Waals surface area (Å²) in [5.41, 5.74) is 7.86. The smallest absolute Gasteiger partial charge is 0.168 e. The highest BCUT2D eigenvalue weighted by atomic mass is 14.9. The summed E-state index contributed by atoms with van der Waals surface area (Å²) in [6.45, 7) is 0. The molecule has 0 aromatic carbocycles. The number of H-pyrrole nitrogens is 2. The molecule has 0 aliphatic carbocycles. The van der Waals surface area contributed by atoms with E-state index < -0.39 is 0 Å². The summed E-state index contributed by atoms with van der Waals surface area (Å²) in [4.78, 5) is 16.0. The topological polar surface area (TPSA) is 61.2 Å². The second-order valence-corrected chi connectivity index (χ2v) is 7.45. The molecule has 0 spiro atoms. The summed E-state index contributed by atoms with van der Waals surface area (Å²) in [5.74, 6) is 0. The maximum absolute atomic E-state index is 4.62. The van der Waals surface area contributed by atoms with E-state index in [1.165, 1.54) is 0 Å². The molecular formula is C26H22N5+. The molecule has 0 amide bonds. The minimum atomic E-state index is 0.915. The van der Waals surface area contributed by atoms with Crippen LogP contribution >= 0.6 is 0 Å². The Morgan fingerprint density at radius 3 is 1.39 bits per heavy atom. The predicted octanol–water partition coefficient (Wildman–Crippen LogP) is 5.17. The minimum Gasteiger partial charge on any atom is -0.355 e. The first kappa shape index (κ1) is 18.8. The number of aryl methyl sites for hydroxylation is 1. The maximum Gasteiger partial charge on any atom is 0.168 e. The normalized spacial score (nSPS) is 11.8. The average molecular weight is 404 g/mol. The van der Waals surface area contributed by atoms with Crippen molar-refractivity contribution >= 4 is 46.4 Å². The van der Waals surface area contributed by atoms with Crippen LogP contribution in [0.25, 0.3) is 46.4 Å². The first-order valence-corrected chi connectivity index (χ1v) is 10.1. The van der Waals surface area contributed by atoms with E-state index in [1.807, 2.05) is 84.7 Å². The van der Waals surface area contributed by atoms with Crippen molar-refractivity contribution in [2.75, 3.05) is 0 Å². The van der Waals surface area contributed by atoms with Gasteiger partial charge in [-0.05, 0) is 72.8 Å². The van der Waals surface area contributed by atoms with Crippen molar-refractivity contribution in [1.82, 2.24) is 19.9 Å². The summed E-state index contributed by atoms with van der Waals surface area (Å²) < 4.78 is 2.00. The molecule has 0 saturated carbocycles. The van der Waals surface area contributed by atoms with Crippen LogP contribution in [0, 0.1) is 0 Å². The number of pyridine rings is 1. The summed E-state index contributed by atoms with van der Waals surface area (Å²) >= 11 is 0. The number of hydrogen-bond acceptors (Lipinski definition) is 2. The van der Waals surface area contributed by atoms with Crippen LogP contribution in [0.3, 0.4) is 0 Å². The van der Waals surface area contributed by atoms with Crippen LogP contribution in [0.4, 0.5) is 0 Å². The fourth-order valence-corrected chi connectivity index (χ4v) is 3.43. The van der Waals surface area contributed by atoms with Crippen molar-refractivity contribution < 1.29 is 4.57 Å². The van der Waals surface area contributed by atoms with Gasteiger partial charge in [-0.1, -0.05) is 6.07 Å². The van der Waals surface area contributed by atoms with E-state index in [9.17, 15) is 0 Å². The lowest BCUT2D eigenvalue weighted by molar-refractivity contribution is -0.671. The number of hydrogen-bond donors (Lipinski definition) is 2. The lowest BCUT2D eigenvalue weighted by Crippen LogP contribution is -2.25. The second kappa shape index (κ2) is 8.24. The standard InChI is InChI=1S/C20H14N4.C6H8N/c1-2-14-10-16-5-6-18(23-16)12-20-8-7-19(24-20)11-17-4-3-15(22-17)9-13(1)21-14;1-7-5-3-2-4-6-7/h1-12,21-22H;2-6H,1H3/q;+1. The Hall–Kier alpha value is -4.25. The number of aromatic amines is 2. The van der Waals surface area contributed by atoms with E-state index in [2.05, 4.69) is 50.3 Å². The highest BCUT2D eigenvalue weighted by Crippen LogP contribution is 2.17. The number of fused-ring (bicyclic) bond motifs is 8. The van der Waals surface area contributed by atoms with Crippen LogP contribution in [0.1, 0.15) is 22.8 Å². The molecule has 6 heterocycles. The fourth-order valence-electron chi connectivity index (χ4n) is 3.43. The lowest BCUT2D eigenvalue weighted by Gasteiger charge is -1.86. The predicted molar refractivity (Wildman–Crippen MR) is 126 cm³/mol. The first-order chi connectivity index (χ1) is 15.2.